The van der Waals surface area contributed by atoms with Crippen molar-refractivity contribution in [3.8, 4) is 11.8 Å². The van der Waals surface area contributed by atoms with Gasteiger partial charge in [0, 0.05) is 5.69 Å². The number of ether oxygens (including phenoxy) is 1. The molecule has 0 aliphatic carbocycles. The SMILES string of the molecule is Cc1cc(C)cc(COc2ccc(/C=C(\C#N)C(=O)Nc3ccc(C)c(C)c3)cc2)c1. The first-order chi connectivity index (χ1) is 14.8. The quantitative estimate of drug-likeness (QED) is 0.398. The maximum absolute atomic E-state index is 12.5. The molecule has 0 atom stereocenters. The van der Waals surface area contributed by atoms with Crippen LogP contribution in [0.25, 0.3) is 6.08 Å². The molecule has 0 aromatic heterocycles. The Labute approximate surface area is 183 Å². The van der Waals surface area contributed by atoms with Gasteiger partial charge in [0.1, 0.15) is 24.0 Å². The zero-order valence-electron chi connectivity index (χ0n) is 18.3. The Morgan fingerprint density at radius 2 is 1.61 bits per heavy atom. The second kappa shape index (κ2) is 9.77. The highest BCUT2D eigenvalue weighted by Gasteiger charge is 2.10. The summed E-state index contributed by atoms with van der Waals surface area (Å²) in [6.45, 7) is 8.62. The van der Waals surface area contributed by atoms with Crippen molar-refractivity contribution in [2.45, 2.75) is 34.3 Å². The molecule has 0 saturated heterocycles. The summed E-state index contributed by atoms with van der Waals surface area (Å²) in [6, 6.07) is 21.3. The summed E-state index contributed by atoms with van der Waals surface area (Å²) in [5.41, 5.74) is 7.24. The summed E-state index contributed by atoms with van der Waals surface area (Å²) in [4.78, 5) is 12.5. The first kappa shape index (κ1) is 21.9. The van der Waals surface area contributed by atoms with Gasteiger partial charge in [0.05, 0.1) is 0 Å². The fraction of sp³-hybridized carbons (Fsp3) is 0.185. The predicted octanol–water partition coefficient (Wildman–Crippen LogP) is 6.04. The van der Waals surface area contributed by atoms with Crippen LogP contribution in [0.5, 0.6) is 5.75 Å². The molecule has 31 heavy (non-hydrogen) atoms. The van der Waals surface area contributed by atoms with Crippen LogP contribution in [0.2, 0.25) is 0 Å². The van der Waals surface area contributed by atoms with Crippen LogP contribution in [0.4, 0.5) is 5.69 Å². The average Bonchev–Trinajstić information content (AvgIpc) is 2.73. The zero-order chi connectivity index (χ0) is 22.4. The van der Waals surface area contributed by atoms with Crippen molar-refractivity contribution in [1.82, 2.24) is 0 Å². The minimum atomic E-state index is -0.430. The van der Waals surface area contributed by atoms with Crippen molar-refractivity contribution < 1.29 is 9.53 Å². The van der Waals surface area contributed by atoms with Gasteiger partial charge >= 0.3 is 0 Å². The molecule has 156 valence electrons. The second-order valence-electron chi connectivity index (χ2n) is 7.78. The molecule has 0 bridgehead atoms. The minimum Gasteiger partial charge on any atom is -0.489 e. The summed E-state index contributed by atoms with van der Waals surface area (Å²) in [6.07, 6.45) is 1.57. The molecular weight excluding hydrogens is 384 g/mol. The maximum atomic E-state index is 12.5. The number of hydrogen-bond acceptors (Lipinski definition) is 3. The van der Waals surface area contributed by atoms with E-state index in [-0.39, 0.29) is 5.57 Å². The molecule has 0 fully saturated rings. The molecule has 0 saturated carbocycles. The van der Waals surface area contributed by atoms with E-state index in [1.807, 2.05) is 62.4 Å². The number of nitrogens with zero attached hydrogens (tertiary/aromatic N) is 1. The molecule has 0 spiro atoms. The lowest BCUT2D eigenvalue weighted by molar-refractivity contribution is -0.112. The number of rotatable bonds is 6. The van der Waals surface area contributed by atoms with Gasteiger partial charge in [-0.15, -0.1) is 0 Å². The fourth-order valence-corrected chi connectivity index (χ4v) is 3.31. The van der Waals surface area contributed by atoms with Crippen LogP contribution in [0.3, 0.4) is 0 Å². The summed E-state index contributed by atoms with van der Waals surface area (Å²) < 4.78 is 5.87. The molecule has 3 rings (SSSR count). The summed E-state index contributed by atoms with van der Waals surface area (Å²) >= 11 is 0. The van der Waals surface area contributed by atoms with Crippen molar-refractivity contribution in [3.63, 3.8) is 0 Å². The third kappa shape index (κ3) is 6.07. The van der Waals surface area contributed by atoms with E-state index in [1.54, 1.807) is 6.08 Å². The Morgan fingerprint density at radius 3 is 2.23 bits per heavy atom. The van der Waals surface area contributed by atoms with Crippen molar-refractivity contribution in [2.24, 2.45) is 0 Å². The fourth-order valence-electron chi connectivity index (χ4n) is 3.31. The zero-order valence-corrected chi connectivity index (χ0v) is 18.3. The van der Waals surface area contributed by atoms with Crippen LogP contribution in [-0.4, -0.2) is 5.91 Å². The summed E-state index contributed by atoms with van der Waals surface area (Å²) in [5.74, 6) is 0.301. The molecule has 3 aromatic carbocycles. The molecule has 0 heterocycles. The molecule has 0 aliphatic rings. The van der Waals surface area contributed by atoms with Gasteiger partial charge in [-0.1, -0.05) is 47.5 Å². The minimum absolute atomic E-state index is 0.0436. The van der Waals surface area contributed by atoms with E-state index in [0.29, 0.717) is 12.3 Å². The lowest BCUT2D eigenvalue weighted by Crippen LogP contribution is -2.13. The van der Waals surface area contributed by atoms with E-state index in [1.165, 1.54) is 11.1 Å². The normalized spacial score (nSPS) is 11.0. The van der Waals surface area contributed by atoms with Crippen molar-refractivity contribution >= 4 is 17.7 Å². The maximum Gasteiger partial charge on any atom is 0.266 e. The molecule has 4 heteroatoms. The summed E-state index contributed by atoms with van der Waals surface area (Å²) in [5, 5.41) is 12.2. The van der Waals surface area contributed by atoms with Gasteiger partial charge < -0.3 is 10.1 Å². The average molecular weight is 411 g/mol. The topological polar surface area (TPSA) is 62.1 Å². The van der Waals surface area contributed by atoms with Gasteiger partial charge in [-0.05, 0) is 80.3 Å². The first-order valence-electron chi connectivity index (χ1n) is 10.1. The monoisotopic (exact) mass is 410 g/mol. The Morgan fingerprint density at radius 1 is 0.935 bits per heavy atom. The standard InChI is InChI=1S/C27H26N2O2/c1-18-11-19(2)13-23(12-18)17-31-26-9-6-22(7-10-26)15-24(16-28)27(30)29-25-8-5-20(3)21(4)14-25/h5-15H,17H2,1-4H3,(H,29,30)/b24-15+. The number of carbonyl (C=O) groups excluding carboxylic acids is 1. The molecule has 0 aliphatic heterocycles. The number of carbonyl (C=O) groups is 1. The van der Waals surface area contributed by atoms with Gasteiger partial charge in [0.25, 0.3) is 5.91 Å². The van der Waals surface area contributed by atoms with Gasteiger partial charge in [-0.3, -0.25) is 4.79 Å². The Bertz CT molecular complexity index is 1150. The van der Waals surface area contributed by atoms with E-state index >= 15 is 0 Å². The van der Waals surface area contributed by atoms with Crippen molar-refractivity contribution in [3.05, 3.63) is 99.6 Å². The smallest absolute Gasteiger partial charge is 0.266 e. The lowest BCUT2D eigenvalue weighted by Gasteiger charge is -2.09. The Balaban J connectivity index is 1.66. The third-order valence-corrected chi connectivity index (χ3v) is 5.01. The van der Waals surface area contributed by atoms with E-state index in [9.17, 15) is 10.1 Å². The van der Waals surface area contributed by atoms with Crippen molar-refractivity contribution in [2.75, 3.05) is 5.32 Å². The first-order valence-corrected chi connectivity index (χ1v) is 10.1. The van der Waals surface area contributed by atoms with Crippen LogP contribution in [0.1, 0.15) is 33.4 Å². The summed E-state index contributed by atoms with van der Waals surface area (Å²) in [7, 11) is 0. The van der Waals surface area contributed by atoms with Gasteiger partial charge in [-0.2, -0.15) is 5.26 Å². The van der Waals surface area contributed by atoms with Gasteiger partial charge in [0.2, 0.25) is 0 Å². The number of aryl methyl sites for hydroxylation is 4. The predicted molar refractivity (Wildman–Crippen MR) is 125 cm³/mol. The highest BCUT2D eigenvalue weighted by molar-refractivity contribution is 6.09. The Kier molecular flexibility index (Phi) is 6.89. The molecule has 1 N–H and O–H groups in total. The van der Waals surface area contributed by atoms with Gasteiger partial charge in [-0.25, -0.2) is 0 Å². The van der Waals surface area contributed by atoms with Gasteiger partial charge in [0.15, 0.2) is 0 Å². The highest BCUT2D eigenvalue weighted by Crippen LogP contribution is 2.19. The Hall–Kier alpha value is -3.84. The van der Waals surface area contributed by atoms with Crippen LogP contribution in [0.15, 0.2) is 66.2 Å². The number of anilines is 1. The number of amides is 1. The van der Waals surface area contributed by atoms with Crippen LogP contribution in [0, 0.1) is 39.0 Å². The molecule has 1 amide bonds. The molecule has 0 unspecified atom stereocenters. The van der Waals surface area contributed by atoms with E-state index < -0.39 is 5.91 Å². The third-order valence-electron chi connectivity index (χ3n) is 5.01. The number of nitrogens with one attached hydrogen (secondary N) is 1. The van der Waals surface area contributed by atoms with Crippen LogP contribution in [-0.2, 0) is 11.4 Å². The van der Waals surface area contributed by atoms with E-state index in [0.717, 1.165) is 28.0 Å². The molecular formula is C27H26N2O2. The number of nitriles is 1. The number of hydrogen-bond donors (Lipinski definition) is 1. The number of benzene rings is 3. The largest absolute Gasteiger partial charge is 0.489 e. The van der Waals surface area contributed by atoms with E-state index in [2.05, 4.69) is 37.4 Å². The molecule has 4 nitrogen and oxygen atoms in total. The van der Waals surface area contributed by atoms with E-state index in [4.69, 9.17) is 4.74 Å². The highest BCUT2D eigenvalue weighted by atomic mass is 16.5. The molecule has 3 aromatic rings. The lowest BCUT2D eigenvalue weighted by atomic mass is 10.1. The van der Waals surface area contributed by atoms with Crippen LogP contribution >= 0.6 is 0 Å². The second-order valence-corrected chi connectivity index (χ2v) is 7.78. The molecule has 0 radical (unpaired) electrons. The van der Waals surface area contributed by atoms with Crippen LogP contribution < -0.4 is 10.1 Å². The van der Waals surface area contributed by atoms with Crippen molar-refractivity contribution in [1.29, 1.82) is 5.26 Å².